The van der Waals surface area contributed by atoms with Gasteiger partial charge in [-0.05, 0) is 37.3 Å². The summed E-state index contributed by atoms with van der Waals surface area (Å²) in [5.74, 6) is 0.501. The maximum Gasteiger partial charge on any atom is 0.226 e. The molecular weight excluding hydrogens is 356 g/mol. The molecular formula is C26H32N2O. The lowest BCUT2D eigenvalue weighted by molar-refractivity contribution is -0.137. The molecule has 0 aliphatic carbocycles. The Bertz CT molecular complexity index is 959. The van der Waals surface area contributed by atoms with Gasteiger partial charge in [0.2, 0.25) is 5.91 Å². The number of likely N-dealkylation sites (tertiary alicyclic amines) is 1. The van der Waals surface area contributed by atoms with Crippen molar-refractivity contribution < 1.29 is 4.79 Å². The van der Waals surface area contributed by atoms with Gasteiger partial charge in [-0.15, -0.1) is 0 Å². The van der Waals surface area contributed by atoms with Gasteiger partial charge in [0.25, 0.3) is 0 Å². The first kappa shape index (κ1) is 19.8. The van der Waals surface area contributed by atoms with Gasteiger partial charge in [0.05, 0.1) is 6.04 Å². The zero-order valence-corrected chi connectivity index (χ0v) is 17.7. The number of para-hydroxylation sites is 1. The molecule has 0 spiro atoms. The fraction of sp³-hybridized carbons (Fsp3) is 0.423. The number of aromatic amines is 1. The molecule has 3 heteroatoms. The number of fused-ring (bicyclic) bond motifs is 1. The average Bonchev–Trinajstić information content (AvgIpc) is 3.39. The van der Waals surface area contributed by atoms with Gasteiger partial charge in [0.15, 0.2) is 0 Å². The number of H-pyrrole nitrogens is 1. The Kier molecular flexibility index (Phi) is 6.03. The average molecular weight is 389 g/mol. The van der Waals surface area contributed by atoms with E-state index in [1.165, 1.54) is 22.2 Å². The van der Waals surface area contributed by atoms with E-state index in [0.717, 1.165) is 50.6 Å². The van der Waals surface area contributed by atoms with Crippen LogP contribution < -0.4 is 0 Å². The van der Waals surface area contributed by atoms with Crippen LogP contribution in [0, 0.1) is 5.92 Å². The highest BCUT2D eigenvalue weighted by Crippen LogP contribution is 2.42. The Morgan fingerprint density at radius 3 is 2.62 bits per heavy atom. The van der Waals surface area contributed by atoms with Crippen LogP contribution in [-0.4, -0.2) is 22.3 Å². The van der Waals surface area contributed by atoms with Crippen molar-refractivity contribution in [3.63, 3.8) is 0 Å². The Balaban J connectivity index is 1.75. The van der Waals surface area contributed by atoms with Gasteiger partial charge in [-0.2, -0.15) is 0 Å². The summed E-state index contributed by atoms with van der Waals surface area (Å²) in [7, 11) is 0. The van der Waals surface area contributed by atoms with Crippen LogP contribution >= 0.6 is 0 Å². The number of hydrogen-bond acceptors (Lipinski definition) is 1. The summed E-state index contributed by atoms with van der Waals surface area (Å²) in [5.41, 5.74) is 4.83. The zero-order chi connectivity index (χ0) is 20.2. The van der Waals surface area contributed by atoms with Crippen molar-refractivity contribution in [2.75, 3.05) is 6.54 Å². The smallest absolute Gasteiger partial charge is 0.226 e. The summed E-state index contributed by atoms with van der Waals surface area (Å²) in [6.07, 6.45) is 6.32. The largest absolute Gasteiger partial charge is 0.356 e. The molecule has 0 saturated carbocycles. The molecule has 1 fully saturated rings. The number of carbonyl (C=O) groups is 1. The minimum atomic E-state index is 0.140. The van der Waals surface area contributed by atoms with E-state index in [1.807, 2.05) is 0 Å². The summed E-state index contributed by atoms with van der Waals surface area (Å²) < 4.78 is 0. The lowest BCUT2D eigenvalue weighted by atomic mass is 9.95. The van der Waals surface area contributed by atoms with Crippen LogP contribution in [0.15, 0.2) is 54.6 Å². The topological polar surface area (TPSA) is 36.1 Å². The standard InChI is InChI=1S/C26H32N2O/c1-3-5-12-19(4-2)26(29)28-18-11-17-23(28)25-24(20-13-7-6-8-14-20)21-15-9-10-16-22(21)27-25/h6-10,13-16,19,23,27H,3-5,11-12,17-18H2,1-2H3. The third-order valence-corrected chi connectivity index (χ3v) is 6.41. The van der Waals surface area contributed by atoms with Crippen LogP contribution in [-0.2, 0) is 4.79 Å². The molecule has 1 amide bonds. The van der Waals surface area contributed by atoms with Crippen molar-refractivity contribution in [1.29, 1.82) is 0 Å². The quantitative estimate of drug-likeness (QED) is 0.479. The van der Waals surface area contributed by atoms with E-state index in [4.69, 9.17) is 0 Å². The second kappa shape index (κ2) is 8.86. The lowest BCUT2D eigenvalue weighted by Crippen LogP contribution is -2.36. The summed E-state index contributed by atoms with van der Waals surface area (Å²) in [6, 6.07) is 19.2. The van der Waals surface area contributed by atoms with Crippen molar-refractivity contribution in [3.8, 4) is 11.1 Å². The minimum Gasteiger partial charge on any atom is -0.356 e. The highest BCUT2D eigenvalue weighted by Gasteiger charge is 2.35. The molecule has 1 aliphatic heterocycles. The molecule has 2 atom stereocenters. The molecule has 2 unspecified atom stereocenters. The zero-order valence-electron chi connectivity index (χ0n) is 17.7. The van der Waals surface area contributed by atoms with Crippen molar-refractivity contribution in [1.82, 2.24) is 9.88 Å². The van der Waals surface area contributed by atoms with Crippen molar-refractivity contribution >= 4 is 16.8 Å². The molecule has 2 heterocycles. The Hall–Kier alpha value is -2.55. The first-order chi connectivity index (χ1) is 14.2. The number of benzene rings is 2. The van der Waals surface area contributed by atoms with Crippen LogP contribution in [0.4, 0.5) is 0 Å². The van der Waals surface area contributed by atoms with E-state index in [0.29, 0.717) is 5.91 Å². The number of amides is 1. The number of carbonyl (C=O) groups excluding carboxylic acids is 1. The van der Waals surface area contributed by atoms with E-state index in [-0.39, 0.29) is 12.0 Å². The highest BCUT2D eigenvalue weighted by atomic mass is 16.2. The molecule has 152 valence electrons. The van der Waals surface area contributed by atoms with Crippen molar-refractivity contribution in [2.45, 2.75) is 58.4 Å². The van der Waals surface area contributed by atoms with Crippen LogP contribution in [0.1, 0.15) is 64.1 Å². The molecule has 29 heavy (non-hydrogen) atoms. The van der Waals surface area contributed by atoms with Crippen molar-refractivity contribution in [2.24, 2.45) is 5.92 Å². The first-order valence-corrected chi connectivity index (χ1v) is 11.2. The Morgan fingerprint density at radius 1 is 1.10 bits per heavy atom. The molecule has 1 N–H and O–H groups in total. The summed E-state index contributed by atoms with van der Waals surface area (Å²) >= 11 is 0. The highest BCUT2D eigenvalue weighted by molar-refractivity contribution is 5.98. The predicted octanol–water partition coefficient (Wildman–Crippen LogP) is 6.71. The van der Waals surface area contributed by atoms with Gasteiger partial charge in [0.1, 0.15) is 0 Å². The monoisotopic (exact) mass is 388 g/mol. The Labute approximate surface area is 174 Å². The minimum absolute atomic E-state index is 0.140. The second-order valence-electron chi connectivity index (χ2n) is 8.26. The summed E-state index contributed by atoms with van der Waals surface area (Å²) in [6.45, 7) is 5.23. The van der Waals surface area contributed by atoms with Crippen LogP contribution in [0.3, 0.4) is 0 Å². The first-order valence-electron chi connectivity index (χ1n) is 11.2. The molecule has 0 bridgehead atoms. The molecule has 0 radical (unpaired) electrons. The molecule has 3 nitrogen and oxygen atoms in total. The number of aromatic nitrogens is 1. The molecule has 1 aliphatic rings. The van der Waals surface area contributed by atoms with E-state index < -0.39 is 0 Å². The fourth-order valence-corrected chi connectivity index (χ4v) is 4.85. The number of rotatable bonds is 7. The molecule has 1 saturated heterocycles. The van der Waals surface area contributed by atoms with Crippen LogP contribution in [0.25, 0.3) is 22.0 Å². The molecule has 4 rings (SSSR count). The van der Waals surface area contributed by atoms with Gasteiger partial charge < -0.3 is 9.88 Å². The van der Waals surface area contributed by atoms with Gasteiger partial charge in [-0.25, -0.2) is 0 Å². The van der Waals surface area contributed by atoms with E-state index in [1.54, 1.807) is 0 Å². The van der Waals surface area contributed by atoms with Gasteiger partial charge in [-0.1, -0.05) is 75.2 Å². The van der Waals surface area contributed by atoms with Gasteiger partial charge >= 0.3 is 0 Å². The number of nitrogens with zero attached hydrogens (tertiary/aromatic N) is 1. The maximum atomic E-state index is 13.4. The SMILES string of the molecule is CCCCC(CC)C(=O)N1CCCC1c1[nH]c2ccccc2c1-c1ccccc1. The fourth-order valence-electron chi connectivity index (χ4n) is 4.85. The normalized spacial score (nSPS) is 17.7. The number of hydrogen-bond donors (Lipinski definition) is 1. The number of nitrogens with one attached hydrogen (secondary N) is 1. The predicted molar refractivity (Wildman–Crippen MR) is 121 cm³/mol. The third kappa shape index (κ3) is 3.83. The van der Waals surface area contributed by atoms with E-state index in [9.17, 15) is 4.79 Å². The van der Waals surface area contributed by atoms with E-state index in [2.05, 4.69) is 78.3 Å². The number of unbranched alkanes of at least 4 members (excludes halogenated alkanes) is 1. The molecule has 3 aromatic rings. The lowest BCUT2D eigenvalue weighted by Gasteiger charge is -2.29. The maximum absolute atomic E-state index is 13.4. The van der Waals surface area contributed by atoms with Crippen LogP contribution in [0.2, 0.25) is 0 Å². The van der Waals surface area contributed by atoms with Crippen LogP contribution in [0.5, 0.6) is 0 Å². The summed E-state index contributed by atoms with van der Waals surface area (Å²) in [5, 5.41) is 1.24. The summed E-state index contributed by atoms with van der Waals surface area (Å²) in [4.78, 5) is 19.3. The molecule has 1 aromatic heterocycles. The third-order valence-electron chi connectivity index (χ3n) is 6.41. The van der Waals surface area contributed by atoms with Gasteiger partial charge in [-0.3, -0.25) is 4.79 Å². The van der Waals surface area contributed by atoms with E-state index >= 15 is 0 Å². The Morgan fingerprint density at radius 2 is 1.86 bits per heavy atom. The second-order valence-corrected chi connectivity index (χ2v) is 8.26. The van der Waals surface area contributed by atoms with Crippen molar-refractivity contribution in [3.05, 3.63) is 60.3 Å². The van der Waals surface area contributed by atoms with Gasteiger partial charge in [0, 0.05) is 34.6 Å². The molecule has 2 aromatic carbocycles.